The van der Waals surface area contributed by atoms with Crippen LogP contribution in [0.3, 0.4) is 0 Å². The van der Waals surface area contributed by atoms with E-state index in [2.05, 4.69) is 0 Å². The fourth-order valence-electron chi connectivity index (χ4n) is 2.82. The van der Waals surface area contributed by atoms with Crippen LogP contribution >= 0.6 is 0 Å². The Bertz CT molecular complexity index is 694. The maximum atomic E-state index is 11.6. The van der Waals surface area contributed by atoms with Gasteiger partial charge in [-0.15, -0.1) is 0 Å². The van der Waals surface area contributed by atoms with Crippen molar-refractivity contribution in [2.75, 3.05) is 6.61 Å². The van der Waals surface area contributed by atoms with Crippen LogP contribution in [0.15, 0.2) is 84.9 Å². The summed E-state index contributed by atoms with van der Waals surface area (Å²) in [5.41, 5.74) is 1.32. The van der Waals surface area contributed by atoms with Crippen molar-refractivity contribution in [2.45, 2.75) is 12.5 Å². The molecule has 1 N–H and O–H groups in total. The Morgan fingerprint density at radius 1 is 0.696 bits per heavy atom. The van der Waals surface area contributed by atoms with Crippen molar-refractivity contribution >= 4 is 0 Å². The fraction of sp³-hybridized carbons (Fsp3) is 0.143. The van der Waals surface area contributed by atoms with Crippen LogP contribution in [0.2, 0.25) is 0 Å². The molecule has 0 bridgehead atoms. The maximum Gasteiger partial charge on any atom is 0.140 e. The third kappa shape index (κ3) is 2.99. The first kappa shape index (κ1) is 15.3. The fourth-order valence-corrected chi connectivity index (χ4v) is 2.82. The predicted octanol–water partition coefficient (Wildman–Crippen LogP) is 4.37. The zero-order chi connectivity index (χ0) is 16.1. The molecule has 0 saturated heterocycles. The predicted molar refractivity (Wildman–Crippen MR) is 92.6 cm³/mol. The number of hydrogen-bond acceptors (Lipinski definition) is 2. The summed E-state index contributed by atoms with van der Waals surface area (Å²) in [5.74, 6) is 0.805. The second-order valence-corrected chi connectivity index (χ2v) is 5.40. The van der Waals surface area contributed by atoms with Crippen LogP contribution in [0.4, 0.5) is 0 Å². The lowest BCUT2D eigenvalue weighted by molar-refractivity contribution is 0.125. The monoisotopic (exact) mass is 304 g/mol. The highest BCUT2D eigenvalue weighted by molar-refractivity contribution is 5.47. The molecule has 0 fully saturated rings. The van der Waals surface area contributed by atoms with Gasteiger partial charge in [-0.2, -0.15) is 0 Å². The zero-order valence-electron chi connectivity index (χ0n) is 13.1. The molecule has 0 heterocycles. The van der Waals surface area contributed by atoms with Crippen molar-refractivity contribution in [3.8, 4) is 5.75 Å². The molecular formula is C21H20O2. The van der Waals surface area contributed by atoms with E-state index in [1.807, 2.05) is 91.9 Å². The molecular weight excluding hydrogens is 284 g/mol. The molecule has 0 spiro atoms. The Kier molecular flexibility index (Phi) is 4.45. The quantitative estimate of drug-likeness (QED) is 0.709. The standard InChI is InChI=1S/C21H20O2/c1-2-23-20-15-13-19(14-16-20)21(22,17-9-5-3-6-10-17)18-11-7-4-8-12-18/h3-16,22H,2H2,1H3. The average molecular weight is 304 g/mol. The second-order valence-electron chi connectivity index (χ2n) is 5.40. The largest absolute Gasteiger partial charge is 0.494 e. The van der Waals surface area contributed by atoms with Gasteiger partial charge in [0.25, 0.3) is 0 Å². The van der Waals surface area contributed by atoms with Gasteiger partial charge in [0.2, 0.25) is 0 Å². The third-order valence-electron chi connectivity index (χ3n) is 3.97. The summed E-state index contributed by atoms with van der Waals surface area (Å²) in [6, 6.07) is 27.1. The first-order valence-electron chi connectivity index (χ1n) is 7.82. The molecule has 23 heavy (non-hydrogen) atoms. The first-order valence-corrected chi connectivity index (χ1v) is 7.82. The van der Waals surface area contributed by atoms with E-state index in [0.29, 0.717) is 6.61 Å². The molecule has 0 amide bonds. The van der Waals surface area contributed by atoms with Crippen molar-refractivity contribution in [3.05, 3.63) is 102 Å². The lowest BCUT2D eigenvalue weighted by atomic mass is 9.80. The minimum Gasteiger partial charge on any atom is -0.494 e. The number of rotatable bonds is 5. The van der Waals surface area contributed by atoms with E-state index in [1.54, 1.807) is 0 Å². The molecule has 0 unspecified atom stereocenters. The van der Waals surface area contributed by atoms with E-state index < -0.39 is 5.60 Å². The highest BCUT2D eigenvalue weighted by Gasteiger charge is 2.33. The number of hydrogen-bond donors (Lipinski definition) is 1. The topological polar surface area (TPSA) is 29.5 Å². The molecule has 0 aliphatic heterocycles. The van der Waals surface area contributed by atoms with Gasteiger partial charge in [-0.05, 0) is 35.7 Å². The van der Waals surface area contributed by atoms with Gasteiger partial charge < -0.3 is 9.84 Å². The van der Waals surface area contributed by atoms with Crippen LogP contribution in [0.5, 0.6) is 5.75 Å². The normalized spacial score (nSPS) is 11.2. The first-order chi connectivity index (χ1) is 11.2. The highest BCUT2D eigenvalue weighted by atomic mass is 16.5. The summed E-state index contributed by atoms with van der Waals surface area (Å²) < 4.78 is 5.50. The SMILES string of the molecule is CCOc1ccc(C(O)(c2ccccc2)c2ccccc2)cc1. The summed E-state index contributed by atoms with van der Waals surface area (Å²) in [4.78, 5) is 0. The van der Waals surface area contributed by atoms with Crippen LogP contribution in [-0.4, -0.2) is 11.7 Å². The van der Waals surface area contributed by atoms with Crippen LogP contribution in [0.25, 0.3) is 0 Å². The van der Waals surface area contributed by atoms with Crippen molar-refractivity contribution in [2.24, 2.45) is 0 Å². The van der Waals surface area contributed by atoms with Crippen LogP contribution < -0.4 is 4.74 Å². The van der Waals surface area contributed by atoms with Crippen molar-refractivity contribution in [1.82, 2.24) is 0 Å². The van der Waals surface area contributed by atoms with E-state index >= 15 is 0 Å². The van der Waals surface area contributed by atoms with Gasteiger partial charge in [0.15, 0.2) is 0 Å². The molecule has 116 valence electrons. The summed E-state index contributed by atoms with van der Waals surface area (Å²) in [7, 11) is 0. The summed E-state index contributed by atoms with van der Waals surface area (Å²) in [6.07, 6.45) is 0. The van der Waals surface area contributed by atoms with E-state index in [4.69, 9.17) is 4.74 Å². The molecule has 3 rings (SSSR count). The average Bonchev–Trinajstić information content (AvgIpc) is 2.63. The second kappa shape index (κ2) is 6.67. The molecule has 2 heteroatoms. The van der Waals surface area contributed by atoms with Gasteiger partial charge in [-0.25, -0.2) is 0 Å². The summed E-state index contributed by atoms with van der Waals surface area (Å²) in [6.45, 7) is 2.58. The third-order valence-corrected chi connectivity index (χ3v) is 3.97. The Morgan fingerprint density at radius 2 is 1.13 bits per heavy atom. The number of aliphatic hydroxyl groups is 1. The molecule has 2 nitrogen and oxygen atoms in total. The summed E-state index contributed by atoms with van der Waals surface area (Å²) in [5, 5.41) is 11.6. The van der Waals surface area contributed by atoms with Crippen LogP contribution in [0, 0.1) is 0 Å². The van der Waals surface area contributed by atoms with E-state index in [1.165, 1.54) is 0 Å². The van der Waals surface area contributed by atoms with Crippen molar-refractivity contribution in [1.29, 1.82) is 0 Å². The van der Waals surface area contributed by atoms with E-state index in [0.717, 1.165) is 22.4 Å². The van der Waals surface area contributed by atoms with E-state index in [-0.39, 0.29) is 0 Å². The highest BCUT2D eigenvalue weighted by Crippen LogP contribution is 2.37. The Hall–Kier alpha value is -2.58. The van der Waals surface area contributed by atoms with Gasteiger partial charge in [0, 0.05) is 0 Å². The zero-order valence-corrected chi connectivity index (χ0v) is 13.1. The lowest BCUT2D eigenvalue weighted by Crippen LogP contribution is -2.28. The van der Waals surface area contributed by atoms with Gasteiger partial charge >= 0.3 is 0 Å². The van der Waals surface area contributed by atoms with Gasteiger partial charge in [0.1, 0.15) is 11.4 Å². The minimum atomic E-state index is -1.19. The summed E-state index contributed by atoms with van der Waals surface area (Å²) >= 11 is 0. The molecule has 3 aromatic carbocycles. The van der Waals surface area contributed by atoms with Gasteiger partial charge in [-0.3, -0.25) is 0 Å². The molecule has 0 aromatic heterocycles. The maximum absolute atomic E-state index is 11.6. The minimum absolute atomic E-state index is 0.626. The Morgan fingerprint density at radius 3 is 1.57 bits per heavy atom. The van der Waals surface area contributed by atoms with Crippen LogP contribution in [0.1, 0.15) is 23.6 Å². The molecule has 0 aliphatic rings. The molecule has 0 atom stereocenters. The van der Waals surface area contributed by atoms with Gasteiger partial charge in [0.05, 0.1) is 6.61 Å². The smallest absolute Gasteiger partial charge is 0.140 e. The van der Waals surface area contributed by atoms with Crippen molar-refractivity contribution < 1.29 is 9.84 Å². The number of ether oxygens (including phenoxy) is 1. The van der Waals surface area contributed by atoms with Gasteiger partial charge in [-0.1, -0.05) is 72.8 Å². The van der Waals surface area contributed by atoms with Crippen LogP contribution in [-0.2, 0) is 5.60 Å². The Balaban J connectivity index is 2.13. The molecule has 0 aliphatic carbocycles. The molecule has 0 radical (unpaired) electrons. The molecule has 0 saturated carbocycles. The lowest BCUT2D eigenvalue weighted by Gasteiger charge is -2.30. The number of benzene rings is 3. The van der Waals surface area contributed by atoms with Crippen molar-refractivity contribution in [3.63, 3.8) is 0 Å². The Labute approximate surface area is 137 Å². The molecule has 3 aromatic rings. The van der Waals surface area contributed by atoms with E-state index in [9.17, 15) is 5.11 Å².